The third-order valence-electron chi connectivity index (χ3n) is 2.98. The maximum absolute atomic E-state index is 11.6. The van der Waals surface area contributed by atoms with E-state index in [-0.39, 0.29) is 0 Å². The summed E-state index contributed by atoms with van der Waals surface area (Å²) in [5.41, 5.74) is -0.211. The fraction of sp³-hybridized carbons (Fsp3) is 0.143. The van der Waals surface area contributed by atoms with Crippen LogP contribution in [0.1, 0.15) is 12.5 Å². The van der Waals surface area contributed by atoms with Gasteiger partial charge in [-0.15, -0.1) is 0 Å². The van der Waals surface area contributed by atoms with Gasteiger partial charge in [-0.25, -0.2) is 4.79 Å². The second-order valence-corrected chi connectivity index (χ2v) is 5.24. The Labute approximate surface area is 126 Å². The van der Waals surface area contributed by atoms with Crippen molar-refractivity contribution in [1.29, 1.82) is 0 Å². The van der Waals surface area contributed by atoms with E-state index in [0.717, 1.165) is 0 Å². The molecule has 20 heavy (non-hydrogen) atoms. The molecule has 0 aliphatic rings. The van der Waals surface area contributed by atoms with E-state index >= 15 is 0 Å². The van der Waals surface area contributed by atoms with Crippen LogP contribution < -0.4 is 5.32 Å². The molecule has 0 radical (unpaired) electrons. The lowest BCUT2D eigenvalue weighted by Gasteiger charge is -2.27. The topological polar surface area (TPSA) is 62.2 Å². The number of nitrogens with one attached hydrogen (secondary N) is 1. The van der Waals surface area contributed by atoms with Crippen LogP contribution in [0.5, 0.6) is 0 Å². The maximum Gasteiger partial charge on any atom is 0.333 e. The number of anilines is 1. The van der Waals surface area contributed by atoms with Crippen LogP contribution in [0.25, 0.3) is 0 Å². The van der Waals surface area contributed by atoms with Gasteiger partial charge < -0.3 is 10.4 Å². The van der Waals surface area contributed by atoms with Crippen LogP contribution in [-0.4, -0.2) is 16.1 Å². The van der Waals surface area contributed by atoms with Gasteiger partial charge in [0.2, 0.25) is 0 Å². The third kappa shape index (κ3) is 2.86. The van der Waals surface area contributed by atoms with E-state index in [9.17, 15) is 9.90 Å². The minimum atomic E-state index is -1.31. The molecule has 0 bridgehead atoms. The summed E-state index contributed by atoms with van der Waals surface area (Å²) in [5.74, 6) is -1.02. The van der Waals surface area contributed by atoms with Crippen molar-refractivity contribution >= 4 is 34.9 Å². The first kappa shape index (κ1) is 14.6. The molecule has 0 spiro atoms. The number of aromatic nitrogens is 1. The molecule has 0 saturated heterocycles. The number of nitrogens with zero attached hydrogens (tertiary/aromatic N) is 1. The number of halogens is 2. The van der Waals surface area contributed by atoms with E-state index in [4.69, 9.17) is 23.2 Å². The molecule has 1 aromatic carbocycles. The molecule has 0 amide bonds. The van der Waals surface area contributed by atoms with Crippen LogP contribution in [-0.2, 0) is 10.3 Å². The summed E-state index contributed by atoms with van der Waals surface area (Å²) in [6.45, 7) is 1.56. The number of carboxylic acid groups (broad SMARTS) is 1. The van der Waals surface area contributed by atoms with Crippen molar-refractivity contribution in [3.8, 4) is 0 Å². The van der Waals surface area contributed by atoms with Crippen molar-refractivity contribution in [2.45, 2.75) is 12.5 Å². The highest BCUT2D eigenvalue weighted by Gasteiger charge is 2.35. The molecular weight excluding hydrogens is 299 g/mol. The Bertz CT molecular complexity index is 634. The average molecular weight is 311 g/mol. The fourth-order valence-corrected chi connectivity index (χ4v) is 2.07. The van der Waals surface area contributed by atoms with E-state index < -0.39 is 11.5 Å². The quantitative estimate of drug-likeness (QED) is 0.901. The maximum atomic E-state index is 11.6. The van der Waals surface area contributed by atoms with Gasteiger partial charge in [-0.2, -0.15) is 0 Å². The van der Waals surface area contributed by atoms with Crippen molar-refractivity contribution in [1.82, 2.24) is 4.98 Å². The first-order chi connectivity index (χ1) is 9.43. The van der Waals surface area contributed by atoms with Gasteiger partial charge in [0, 0.05) is 23.6 Å². The zero-order chi connectivity index (χ0) is 14.8. The van der Waals surface area contributed by atoms with Gasteiger partial charge in [0.15, 0.2) is 5.54 Å². The molecule has 1 heterocycles. The largest absolute Gasteiger partial charge is 0.479 e. The van der Waals surface area contributed by atoms with Crippen molar-refractivity contribution < 1.29 is 9.90 Å². The normalized spacial score (nSPS) is 13.6. The zero-order valence-electron chi connectivity index (χ0n) is 10.6. The van der Waals surface area contributed by atoms with Gasteiger partial charge in [-0.1, -0.05) is 29.3 Å². The summed E-state index contributed by atoms with van der Waals surface area (Å²) < 4.78 is 0. The Kier molecular flexibility index (Phi) is 4.16. The first-order valence-electron chi connectivity index (χ1n) is 5.80. The van der Waals surface area contributed by atoms with Crippen LogP contribution in [0, 0.1) is 0 Å². The number of benzene rings is 1. The van der Waals surface area contributed by atoms with Crippen LogP contribution in [0.4, 0.5) is 5.69 Å². The summed E-state index contributed by atoms with van der Waals surface area (Å²) in [5, 5.41) is 13.2. The SMILES string of the molecule is CC(Nc1ccc(Cl)c(Cl)c1)(C(=O)O)c1cccnc1. The molecule has 0 aliphatic heterocycles. The predicted molar refractivity (Wildman–Crippen MR) is 79.3 cm³/mol. The van der Waals surface area contributed by atoms with Gasteiger partial charge in [-0.05, 0) is 31.2 Å². The zero-order valence-corrected chi connectivity index (χ0v) is 12.1. The summed E-state index contributed by atoms with van der Waals surface area (Å²) in [6.07, 6.45) is 3.10. The fourth-order valence-electron chi connectivity index (χ4n) is 1.77. The molecule has 2 N–H and O–H groups in total. The molecule has 6 heteroatoms. The first-order valence-corrected chi connectivity index (χ1v) is 6.56. The van der Waals surface area contributed by atoms with E-state index in [1.54, 1.807) is 43.5 Å². The van der Waals surface area contributed by atoms with Gasteiger partial charge in [0.05, 0.1) is 10.0 Å². The molecule has 4 nitrogen and oxygen atoms in total. The number of hydrogen-bond acceptors (Lipinski definition) is 3. The molecule has 1 unspecified atom stereocenters. The van der Waals surface area contributed by atoms with Crippen LogP contribution in [0.3, 0.4) is 0 Å². The Morgan fingerprint density at radius 2 is 2.05 bits per heavy atom. The lowest BCUT2D eigenvalue weighted by atomic mass is 9.93. The summed E-state index contributed by atoms with van der Waals surface area (Å²) in [6, 6.07) is 8.25. The van der Waals surface area contributed by atoms with E-state index in [0.29, 0.717) is 21.3 Å². The number of aliphatic carboxylic acids is 1. The highest BCUT2D eigenvalue weighted by Crippen LogP contribution is 2.30. The Morgan fingerprint density at radius 3 is 2.60 bits per heavy atom. The molecule has 0 saturated carbocycles. The Hall–Kier alpha value is -1.78. The molecule has 2 aromatic rings. The van der Waals surface area contributed by atoms with Crippen LogP contribution >= 0.6 is 23.2 Å². The number of carboxylic acids is 1. The monoisotopic (exact) mass is 310 g/mol. The molecule has 0 fully saturated rings. The molecule has 1 atom stereocenters. The van der Waals surface area contributed by atoms with Crippen molar-refractivity contribution in [3.63, 3.8) is 0 Å². The average Bonchev–Trinajstić information content (AvgIpc) is 2.43. The minimum absolute atomic E-state index is 0.357. The summed E-state index contributed by atoms with van der Waals surface area (Å²) in [4.78, 5) is 15.6. The second-order valence-electron chi connectivity index (χ2n) is 4.43. The minimum Gasteiger partial charge on any atom is -0.479 e. The number of carbonyl (C=O) groups is 1. The molecular formula is C14H12Cl2N2O2. The standard InChI is InChI=1S/C14H12Cl2N2O2/c1-14(13(19)20,9-3-2-6-17-8-9)18-10-4-5-11(15)12(16)7-10/h2-8,18H,1H3,(H,19,20). The van der Waals surface area contributed by atoms with E-state index in [2.05, 4.69) is 10.3 Å². The molecule has 1 aromatic heterocycles. The Balaban J connectivity index is 2.39. The van der Waals surface area contributed by atoms with Gasteiger partial charge in [0.25, 0.3) is 0 Å². The van der Waals surface area contributed by atoms with Crippen LogP contribution in [0.15, 0.2) is 42.7 Å². The van der Waals surface area contributed by atoms with Crippen LogP contribution in [0.2, 0.25) is 10.0 Å². The second kappa shape index (κ2) is 5.69. The number of hydrogen-bond donors (Lipinski definition) is 2. The molecule has 0 aliphatic carbocycles. The van der Waals surface area contributed by atoms with Gasteiger partial charge in [0.1, 0.15) is 0 Å². The summed E-state index contributed by atoms with van der Waals surface area (Å²) >= 11 is 11.8. The highest BCUT2D eigenvalue weighted by atomic mass is 35.5. The number of rotatable bonds is 4. The Morgan fingerprint density at radius 1 is 1.30 bits per heavy atom. The van der Waals surface area contributed by atoms with Crippen molar-refractivity contribution in [2.75, 3.05) is 5.32 Å². The molecule has 2 rings (SSSR count). The molecule has 104 valence electrons. The smallest absolute Gasteiger partial charge is 0.333 e. The van der Waals surface area contributed by atoms with E-state index in [1.165, 1.54) is 6.20 Å². The van der Waals surface area contributed by atoms with Gasteiger partial charge >= 0.3 is 5.97 Å². The van der Waals surface area contributed by atoms with Gasteiger partial charge in [-0.3, -0.25) is 4.98 Å². The number of pyridine rings is 1. The highest BCUT2D eigenvalue weighted by molar-refractivity contribution is 6.42. The lowest BCUT2D eigenvalue weighted by Crippen LogP contribution is -2.40. The predicted octanol–water partition coefficient (Wildman–Crippen LogP) is 3.80. The van der Waals surface area contributed by atoms with Crippen molar-refractivity contribution in [2.24, 2.45) is 0 Å². The van der Waals surface area contributed by atoms with E-state index in [1.807, 2.05) is 0 Å². The lowest BCUT2D eigenvalue weighted by molar-refractivity contribution is -0.142. The van der Waals surface area contributed by atoms with Crippen molar-refractivity contribution in [3.05, 3.63) is 58.3 Å². The third-order valence-corrected chi connectivity index (χ3v) is 3.72. The summed E-state index contributed by atoms with van der Waals surface area (Å²) in [7, 11) is 0.